The molecule has 3 nitrogen and oxygen atoms in total. The third-order valence-corrected chi connectivity index (χ3v) is 5.27. The van der Waals surface area contributed by atoms with E-state index in [9.17, 15) is 0 Å². The van der Waals surface area contributed by atoms with E-state index in [2.05, 4.69) is 18.3 Å². The number of hydrogen-bond acceptors (Lipinski definition) is 2. The van der Waals surface area contributed by atoms with Crippen LogP contribution < -0.4 is 10.1 Å². The van der Waals surface area contributed by atoms with Crippen molar-refractivity contribution in [2.45, 2.75) is 25.1 Å². The zero-order valence-electron chi connectivity index (χ0n) is 11.8. The molecule has 0 radical (unpaired) electrons. The number of nitrogens with zero attached hydrogens (tertiary/aromatic N) is 1. The van der Waals surface area contributed by atoms with Crippen LogP contribution in [0.5, 0.6) is 5.75 Å². The lowest BCUT2D eigenvalue weighted by Crippen LogP contribution is -2.63. The van der Waals surface area contributed by atoms with Gasteiger partial charge in [-0.05, 0) is 25.2 Å². The molecule has 2 atom stereocenters. The van der Waals surface area contributed by atoms with Gasteiger partial charge in [-0.3, -0.25) is 0 Å². The summed E-state index contributed by atoms with van der Waals surface area (Å²) in [5.41, 5.74) is 0.669. The first-order valence-electron chi connectivity index (χ1n) is 6.94. The van der Waals surface area contributed by atoms with Crippen LogP contribution in [0.1, 0.15) is 24.9 Å². The van der Waals surface area contributed by atoms with Gasteiger partial charge in [-0.1, -0.05) is 35.9 Å². The van der Waals surface area contributed by atoms with Crippen LogP contribution in [-0.2, 0) is 0 Å². The van der Waals surface area contributed by atoms with E-state index in [1.54, 1.807) is 0 Å². The molecule has 1 saturated heterocycles. The van der Waals surface area contributed by atoms with E-state index in [0.29, 0.717) is 5.11 Å². The molecule has 2 aliphatic heterocycles. The Morgan fingerprint density at radius 3 is 2.86 bits per heavy atom. The lowest BCUT2D eigenvalue weighted by Gasteiger charge is -2.51. The molecule has 21 heavy (non-hydrogen) atoms. The quantitative estimate of drug-likeness (QED) is 0.746. The molecule has 5 heteroatoms. The SMILES string of the molecule is CN1C(=S)NC2CC1(C)Oc1c2cc(Cl)c2ccccc12. The smallest absolute Gasteiger partial charge is 0.184 e. The van der Waals surface area contributed by atoms with Gasteiger partial charge in [0, 0.05) is 34.8 Å². The van der Waals surface area contributed by atoms with E-state index in [4.69, 9.17) is 28.6 Å². The van der Waals surface area contributed by atoms with Gasteiger partial charge >= 0.3 is 0 Å². The number of nitrogens with one attached hydrogen (secondary N) is 1. The molecule has 2 bridgehead atoms. The second kappa shape index (κ2) is 4.24. The van der Waals surface area contributed by atoms with Crippen molar-refractivity contribution >= 4 is 39.7 Å². The summed E-state index contributed by atoms with van der Waals surface area (Å²) in [7, 11) is 1.97. The number of fused-ring (bicyclic) bond motifs is 6. The van der Waals surface area contributed by atoms with Crippen LogP contribution in [0.3, 0.4) is 0 Å². The van der Waals surface area contributed by atoms with Crippen molar-refractivity contribution in [1.82, 2.24) is 10.2 Å². The molecule has 0 amide bonds. The molecule has 4 rings (SSSR count). The van der Waals surface area contributed by atoms with E-state index in [0.717, 1.165) is 33.5 Å². The predicted molar refractivity (Wildman–Crippen MR) is 88.8 cm³/mol. The van der Waals surface area contributed by atoms with Gasteiger partial charge in [-0.2, -0.15) is 0 Å². The zero-order valence-corrected chi connectivity index (χ0v) is 13.4. The Balaban J connectivity index is 2.01. The van der Waals surface area contributed by atoms with Crippen molar-refractivity contribution in [3.8, 4) is 5.75 Å². The molecule has 2 heterocycles. The summed E-state index contributed by atoms with van der Waals surface area (Å²) in [5, 5.41) is 6.93. The largest absolute Gasteiger partial charge is 0.467 e. The average Bonchev–Trinajstić information content (AvgIpc) is 2.47. The van der Waals surface area contributed by atoms with Gasteiger partial charge in [0.1, 0.15) is 5.75 Å². The highest BCUT2D eigenvalue weighted by Gasteiger charge is 2.46. The van der Waals surface area contributed by atoms with Gasteiger partial charge in [0.25, 0.3) is 0 Å². The van der Waals surface area contributed by atoms with Gasteiger partial charge in [0.05, 0.1) is 6.04 Å². The molecule has 108 valence electrons. The summed E-state index contributed by atoms with van der Waals surface area (Å²) < 4.78 is 6.38. The van der Waals surface area contributed by atoms with Crippen molar-refractivity contribution < 1.29 is 4.74 Å². The Morgan fingerprint density at radius 1 is 1.38 bits per heavy atom. The maximum atomic E-state index is 6.44. The third-order valence-electron chi connectivity index (χ3n) is 4.57. The minimum absolute atomic E-state index is 0.143. The Morgan fingerprint density at radius 2 is 2.10 bits per heavy atom. The number of halogens is 1. The molecule has 2 aliphatic rings. The lowest BCUT2D eigenvalue weighted by molar-refractivity contribution is -0.0548. The zero-order chi connectivity index (χ0) is 14.8. The Hall–Kier alpha value is -1.52. The standard InChI is InChI=1S/C16H15ClN2OS/c1-16-8-13(18-15(21)19(16)2)11-7-12(17)9-5-3-4-6-10(9)14(11)20-16/h3-7,13H,8H2,1-2H3,(H,18,21). The molecule has 2 unspecified atom stereocenters. The summed E-state index contributed by atoms with van der Waals surface area (Å²) >= 11 is 11.9. The van der Waals surface area contributed by atoms with Gasteiger partial charge in [-0.25, -0.2) is 0 Å². The number of thiocarbonyl (C=S) groups is 1. The van der Waals surface area contributed by atoms with Crippen LogP contribution in [0.15, 0.2) is 30.3 Å². The third kappa shape index (κ3) is 1.75. The van der Waals surface area contributed by atoms with E-state index >= 15 is 0 Å². The maximum absolute atomic E-state index is 6.44. The second-order valence-corrected chi connectivity index (χ2v) is 6.66. The first kappa shape index (κ1) is 13.2. The van der Waals surface area contributed by atoms with Gasteiger partial charge in [-0.15, -0.1) is 0 Å². The average molecular weight is 319 g/mol. The fourth-order valence-electron chi connectivity index (χ4n) is 3.24. The van der Waals surface area contributed by atoms with Crippen LogP contribution in [0.25, 0.3) is 10.8 Å². The minimum Gasteiger partial charge on any atom is -0.467 e. The molecule has 0 spiro atoms. The molecular formula is C16H15ClN2OS. The van der Waals surface area contributed by atoms with Crippen LogP contribution in [0.2, 0.25) is 5.02 Å². The minimum atomic E-state index is -0.420. The Bertz CT molecular complexity index is 778. The molecular weight excluding hydrogens is 304 g/mol. The summed E-state index contributed by atoms with van der Waals surface area (Å²) in [6, 6.07) is 10.2. The van der Waals surface area contributed by atoms with E-state index < -0.39 is 5.72 Å². The van der Waals surface area contributed by atoms with E-state index in [1.165, 1.54) is 0 Å². The molecule has 0 aliphatic carbocycles. The molecule has 1 fully saturated rings. The van der Waals surface area contributed by atoms with Crippen LogP contribution in [-0.4, -0.2) is 22.8 Å². The van der Waals surface area contributed by atoms with Gasteiger partial charge in [0.2, 0.25) is 0 Å². The predicted octanol–water partition coefficient (Wildman–Crippen LogP) is 3.85. The van der Waals surface area contributed by atoms with Gasteiger partial charge < -0.3 is 15.0 Å². The fourth-order valence-corrected chi connectivity index (χ4v) is 3.86. The highest BCUT2D eigenvalue weighted by atomic mass is 35.5. The van der Waals surface area contributed by atoms with Crippen LogP contribution in [0.4, 0.5) is 0 Å². The topological polar surface area (TPSA) is 24.5 Å². The normalized spacial score (nSPS) is 27.1. The van der Waals surface area contributed by atoms with Crippen molar-refractivity contribution in [3.05, 3.63) is 40.9 Å². The molecule has 2 aromatic rings. The number of rotatable bonds is 0. The fraction of sp³-hybridized carbons (Fsp3) is 0.312. The Labute approximate surface area is 133 Å². The van der Waals surface area contributed by atoms with Crippen LogP contribution in [0, 0.1) is 0 Å². The molecule has 1 N–H and O–H groups in total. The van der Waals surface area contributed by atoms with Crippen molar-refractivity contribution in [3.63, 3.8) is 0 Å². The van der Waals surface area contributed by atoms with Gasteiger partial charge in [0.15, 0.2) is 10.8 Å². The molecule has 0 aromatic heterocycles. The summed E-state index contributed by atoms with van der Waals surface area (Å²) in [4.78, 5) is 1.99. The van der Waals surface area contributed by atoms with Crippen molar-refractivity contribution in [2.24, 2.45) is 0 Å². The highest BCUT2D eigenvalue weighted by molar-refractivity contribution is 7.80. The molecule has 2 aromatic carbocycles. The Kier molecular flexibility index (Phi) is 2.66. The van der Waals surface area contributed by atoms with Crippen molar-refractivity contribution in [2.75, 3.05) is 7.05 Å². The number of ether oxygens (including phenoxy) is 1. The van der Waals surface area contributed by atoms with E-state index in [1.807, 2.05) is 36.2 Å². The summed E-state index contributed by atoms with van der Waals surface area (Å²) in [6.45, 7) is 2.08. The summed E-state index contributed by atoms with van der Waals surface area (Å²) in [6.07, 6.45) is 0.839. The lowest BCUT2D eigenvalue weighted by atomic mass is 9.89. The van der Waals surface area contributed by atoms with Crippen LogP contribution >= 0.6 is 23.8 Å². The number of benzene rings is 2. The van der Waals surface area contributed by atoms with E-state index in [-0.39, 0.29) is 6.04 Å². The van der Waals surface area contributed by atoms with Crippen molar-refractivity contribution in [1.29, 1.82) is 0 Å². The maximum Gasteiger partial charge on any atom is 0.184 e. The second-order valence-electron chi connectivity index (χ2n) is 5.86. The number of hydrogen-bond donors (Lipinski definition) is 1. The highest BCUT2D eigenvalue weighted by Crippen LogP contribution is 2.48. The molecule has 0 saturated carbocycles. The first-order chi connectivity index (χ1) is 9.99. The monoisotopic (exact) mass is 318 g/mol. The summed E-state index contributed by atoms with van der Waals surface area (Å²) in [5.74, 6) is 0.913. The first-order valence-corrected chi connectivity index (χ1v) is 7.73.